The molecule has 1 N–H and O–H groups in total. The van der Waals surface area contributed by atoms with Gasteiger partial charge in [0.2, 0.25) is 0 Å². The lowest BCUT2D eigenvalue weighted by molar-refractivity contribution is -0.0797. The highest BCUT2D eigenvalue weighted by molar-refractivity contribution is 5.05. The van der Waals surface area contributed by atoms with Crippen molar-refractivity contribution >= 4 is 0 Å². The molecule has 1 saturated heterocycles. The molecule has 3 atom stereocenters. The predicted molar refractivity (Wildman–Crippen MR) is 82.5 cm³/mol. The summed E-state index contributed by atoms with van der Waals surface area (Å²) < 4.78 is 6.30. The van der Waals surface area contributed by atoms with Crippen LogP contribution in [0.25, 0.3) is 0 Å². The van der Waals surface area contributed by atoms with Crippen LogP contribution in [0.15, 0.2) is 0 Å². The first-order valence-corrected chi connectivity index (χ1v) is 7.60. The summed E-state index contributed by atoms with van der Waals surface area (Å²) in [6, 6.07) is 0.987. The standard InChI is InChI=1S/C16H34N2O/c1-11(2)12(3)18(9)10-13-14(17-8)16(6,7)19-15(13,4)5/h11-14,17H,10H2,1-9H3. The van der Waals surface area contributed by atoms with Crippen molar-refractivity contribution < 1.29 is 4.74 Å². The first-order valence-electron chi connectivity index (χ1n) is 7.60. The minimum atomic E-state index is -0.106. The molecule has 3 unspecified atom stereocenters. The van der Waals surface area contributed by atoms with Crippen LogP contribution in [-0.2, 0) is 4.74 Å². The summed E-state index contributed by atoms with van der Waals surface area (Å²) in [5.74, 6) is 1.18. The van der Waals surface area contributed by atoms with Crippen LogP contribution in [-0.4, -0.2) is 48.8 Å². The Labute approximate surface area is 120 Å². The molecule has 3 nitrogen and oxygen atoms in total. The maximum Gasteiger partial charge on any atom is 0.0790 e. The van der Waals surface area contributed by atoms with Crippen molar-refractivity contribution in [2.24, 2.45) is 11.8 Å². The van der Waals surface area contributed by atoms with Gasteiger partial charge in [-0.1, -0.05) is 13.8 Å². The molecule has 0 saturated carbocycles. The summed E-state index contributed by atoms with van der Waals surface area (Å²) in [4.78, 5) is 2.48. The zero-order valence-electron chi connectivity index (χ0n) is 14.4. The Morgan fingerprint density at radius 2 is 1.63 bits per heavy atom. The molecule has 0 aromatic carbocycles. The second-order valence-electron chi connectivity index (χ2n) is 7.61. The normalized spacial score (nSPS) is 31.1. The smallest absolute Gasteiger partial charge is 0.0790 e. The minimum Gasteiger partial charge on any atom is -0.368 e. The largest absolute Gasteiger partial charge is 0.368 e. The topological polar surface area (TPSA) is 24.5 Å². The quantitative estimate of drug-likeness (QED) is 0.831. The maximum atomic E-state index is 6.30. The summed E-state index contributed by atoms with van der Waals surface area (Å²) in [7, 11) is 4.29. The summed E-state index contributed by atoms with van der Waals surface area (Å²) in [6.45, 7) is 16.8. The van der Waals surface area contributed by atoms with Gasteiger partial charge in [0.15, 0.2) is 0 Å². The van der Waals surface area contributed by atoms with Crippen molar-refractivity contribution in [2.45, 2.75) is 71.8 Å². The van der Waals surface area contributed by atoms with Gasteiger partial charge >= 0.3 is 0 Å². The molecule has 1 rings (SSSR count). The van der Waals surface area contributed by atoms with Gasteiger partial charge in [-0.3, -0.25) is 0 Å². The number of nitrogens with zero attached hydrogens (tertiary/aromatic N) is 1. The average Bonchev–Trinajstić information content (AvgIpc) is 2.42. The Morgan fingerprint density at radius 1 is 1.11 bits per heavy atom. The molecule has 0 bridgehead atoms. The Kier molecular flexibility index (Phi) is 5.09. The average molecular weight is 270 g/mol. The van der Waals surface area contributed by atoms with E-state index in [4.69, 9.17) is 4.74 Å². The van der Waals surface area contributed by atoms with Crippen LogP contribution in [0.1, 0.15) is 48.5 Å². The monoisotopic (exact) mass is 270 g/mol. The third-order valence-electron chi connectivity index (χ3n) is 5.03. The van der Waals surface area contributed by atoms with E-state index >= 15 is 0 Å². The molecular formula is C16H34N2O. The van der Waals surface area contributed by atoms with E-state index in [0.29, 0.717) is 23.9 Å². The molecule has 114 valence electrons. The van der Waals surface area contributed by atoms with E-state index in [1.165, 1.54) is 0 Å². The third-order valence-corrected chi connectivity index (χ3v) is 5.03. The second kappa shape index (κ2) is 5.71. The maximum absolute atomic E-state index is 6.30. The van der Waals surface area contributed by atoms with Gasteiger partial charge in [0, 0.05) is 24.5 Å². The lowest BCUT2D eigenvalue weighted by atomic mass is 9.82. The molecule has 0 aliphatic carbocycles. The summed E-state index contributed by atoms with van der Waals surface area (Å²) >= 11 is 0. The Hall–Kier alpha value is -0.120. The third kappa shape index (κ3) is 3.50. The van der Waals surface area contributed by atoms with Crippen LogP contribution in [0.3, 0.4) is 0 Å². The highest BCUT2D eigenvalue weighted by Crippen LogP contribution is 2.42. The molecule has 3 heteroatoms. The van der Waals surface area contributed by atoms with E-state index in [0.717, 1.165) is 6.54 Å². The van der Waals surface area contributed by atoms with Crippen LogP contribution in [0.2, 0.25) is 0 Å². The Bertz CT molecular complexity index is 299. The fourth-order valence-corrected chi connectivity index (χ4v) is 3.56. The highest BCUT2D eigenvalue weighted by atomic mass is 16.5. The SMILES string of the molecule is CNC1C(CN(C)C(C)C(C)C)C(C)(C)OC1(C)C. The van der Waals surface area contributed by atoms with Crippen LogP contribution < -0.4 is 5.32 Å². The van der Waals surface area contributed by atoms with Gasteiger partial charge < -0.3 is 15.0 Å². The molecule has 0 aromatic heterocycles. The molecule has 0 amide bonds. The number of hydrogen-bond donors (Lipinski definition) is 1. The van der Waals surface area contributed by atoms with Gasteiger partial charge in [-0.05, 0) is 54.6 Å². The molecule has 1 aliphatic rings. The fraction of sp³-hybridized carbons (Fsp3) is 1.00. The minimum absolute atomic E-state index is 0.0812. The molecule has 1 heterocycles. The molecule has 0 spiro atoms. The van der Waals surface area contributed by atoms with Crippen LogP contribution in [0, 0.1) is 11.8 Å². The molecule has 0 radical (unpaired) electrons. The van der Waals surface area contributed by atoms with Crippen molar-refractivity contribution in [3.05, 3.63) is 0 Å². The molecule has 19 heavy (non-hydrogen) atoms. The van der Waals surface area contributed by atoms with Crippen molar-refractivity contribution in [3.8, 4) is 0 Å². The molecule has 0 aromatic rings. The fourth-order valence-electron chi connectivity index (χ4n) is 3.56. The van der Waals surface area contributed by atoms with Crippen molar-refractivity contribution in [1.29, 1.82) is 0 Å². The summed E-state index contributed by atoms with van der Waals surface area (Å²) in [6.07, 6.45) is 0. The van der Waals surface area contributed by atoms with E-state index in [9.17, 15) is 0 Å². The van der Waals surface area contributed by atoms with Crippen LogP contribution >= 0.6 is 0 Å². The van der Waals surface area contributed by atoms with Crippen LogP contribution in [0.4, 0.5) is 0 Å². The predicted octanol–water partition coefficient (Wildman–Crippen LogP) is 2.75. The van der Waals surface area contributed by atoms with E-state index in [-0.39, 0.29) is 11.2 Å². The Balaban J connectivity index is 2.85. The van der Waals surface area contributed by atoms with E-state index < -0.39 is 0 Å². The number of likely N-dealkylation sites (N-methyl/N-ethyl adjacent to an activating group) is 1. The zero-order chi connectivity index (χ0) is 15.0. The van der Waals surface area contributed by atoms with Gasteiger partial charge in [-0.2, -0.15) is 0 Å². The van der Waals surface area contributed by atoms with E-state index in [1.54, 1.807) is 0 Å². The summed E-state index contributed by atoms with van der Waals surface area (Å²) in [5, 5.41) is 3.48. The Morgan fingerprint density at radius 3 is 2.05 bits per heavy atom. The first kappa shape index (κ1) is 16.9. The van der Waals surface area contributed by atoms with Crippen molar-refractivity contribution in [1.82, 2.24) is 10.2 Å². The first-order chi connectivity index (χ1) is 8.53. The number of ether oxygens (including phenoxy) is 1. The lowest BCUT2D eigenvalue weighted by Gasteiger charge is -2.36. The lowest BCUT2D eigenvalue weighted by Crippen LogP contribution is -2.50. The number of nitrogens with one attached hydrogen (secondary N) is 1. The van der Waals surface area contributed by atoms with Gasteiger partial charge in [0.05, 0.1) is 11.2 Å². The van der Waals surface area contributed by atoms with Crippen LogP contribution in [0.5, 0.6) is 0 Å². The highest BCUT2D eigenvalue weighted by Gasteiger charge is 2.53. The molecular weight excluding hydrogens is 236 g/mol. The van der Waals surface area contributed by atoms with Gasteiger partial charge in [0.1, 0.15) is 0 Å². The van der Waals surface area contributed by atoms with Gasteiger partial charge in [-0.25, -0.2) is 0 Å². The van der Waals surface area contributed by atoms with Gasteiger partial charge in [0.25, 0.3) is 0 Å². The van der Waals surface area contributed by atoms with Gasteiger partial charge in [-0.15, -0.1) is 0 Å². The zero-order valence-corrected chi connectivity index (χ0v) is 14.4. The van der Waals surface area contributed by atoms with E-state index in [2.05, 4.69) is 72.8 Å². The summed E-state index contributed by atoms with van der Waals surface area (Å²) in [5.41, 5.74) is -0.188. The number of rotatable bonds is 5. The molecule has 1 fully saturated rings. The van der Waals surface area contributed by atoms with Crippen molar-refractivity contribution in [2.75, 3.05) is 20.6 Å². The van der Waals surface area contributed by atoms with Crippen molar-refractivity contribution in [3.63, 3.8) is 0 Å². The van der Waals surface area contributed by atoms with E-state index in [1.807, 2.05) is 0 Å². The number of hydrogen-bond acceptors (Lipinski definition) is 3. The molecule has 1 aliphatic heterocycles. The second-order valence-corrected chi connectivity index (χ2v) is 7.61.